The van der Waals surface area contributed by atoms with Gasteiger partial charge in [-0.25, -0.2) is 14.6 Å². The predicted octanol–water partition coefficient (Wildman–Crippen LogP) is 2.25. The Morgan fingerprint density at radius 3 is 2.50 bits per heavy atom. The summed E-state index contributed by atoms with van der Waals surface area (Å²) in [6, 6.07) is 8.57. The van der Waals surface area contributed by atoms with Crippen molar-refractivity contribution >= 4 is 0 Å². The first-order chi connectivity index (χ1) is 10.5. The number of H-pyrrole nitrogens is 1. The summed E-state index contributed by atoms with van der Waals surface area (Å²) in [6.45, 7) is 5.43. The van der Waals surface area contributed by atoms with Gasteiger partial charge in [0, 0.05) is 23.0 Å². The number of aromatic nitrogens is 4. The van der Waals surface area contributed by atoms with Gasteiger partial charge in [0.25, 0.3) is 5.56 Å². The summed E-state index contributed by atoms with van der Waals surface area (Å²) in [7, 11) is 0. The van der Waals surface area contributed by atoms with Gasteiger partial charge in [-0.05, 0) is 32.9 Å². The highest BCUT2D eigenvalue weighted by molar-refractivity contribution is 5.64. The molecule has 22 heavy (non-hydrogen) atoms. The molecule has 2 aromatic heterocycles. The molecular formula is C16H16N4O2. The molecule has 6 heteroatoms. The molecule has 0 saturated carbocycles. The highest BCUT2D eigenvalue weighted by Crippen LogP contribution is 2.26. The van der Waals surface area contributed by atoms with E-state index in [1.54, 1.807) is 37.3 Å². The Bertz CT molecular complexity index is 909. The number of nitrogens with zero attached hydrogens (tertiary/aromatic N) is 3. The molecule has 0 aliphatic carbocycles. The van der Waals surface area contributed by atoms with Crippen LogP contribution in [0.4, 0.5) is 0 Å². The summed E-state index contributed by atoms with van der Waals surface area (Å²) in [5.74, 6) is 0.933. The number of rotatable bonds is 2. The van der Waals surface area contributed by atoms with Crippen LogP contribution < -0.4 is 5.56 Å². The number of nitrogens with one attached hydrogen (secondary N) is 1. The summed E-state index contributed by atoms with van der Waals surface area (Å²) >= 11 is 0. The maximum atomic E-state index is 12.2. The number of phenolic OH excluding ortho intramolecular Hbond substituents is 1. The van der Waals surface area contributed by atoms with Crippen LogP contribution in [0.5, 0.6) is 5.75 Å². The third-order valence-electron chi connectivity index (χ3n) is 3.58. The average Bonchev–Trinajstić information content (AvgIpc) is 2.75. The number of hydrogen-bond acceptors (Lipinski definition) is 4. The topological polar surface area (TPSA) is 83.8 Å². The van der Waals surface area contributed by atoms with Gasteiger partial charge in [-0.15, -0.1) is 0 Å². The first-order valence-corrected chi connectivity index (χ1v) is 6.90. The second-order valence-corrected chi connectivity index (χ2v) is 5.21. The zero-order valence-electron chi connectivity index (χ0n) is 12.6. The minimum absolute atomic E-state index is 0.102. The number of phenols is 1. The van der Waals surface area contributed by atoms with E-state index in [0.29, 0.717) is 28.5 Å². The normalized spacial score (nSPS) is 10.9. The SMILES string of the molecule is Cc1cc(-n2[nH]c(C)c(C)c2=O)nc(-c2ccccc2O)n1. The third-order valence-corrected chi connectivity index (χ3v) is 3.58. The number of para-hydroxylation sites is 1. The molecule has 3 aromatic rings. The summed E-state index contributed by atoms with van der Waals surface area (Å²) in [4.78, 5) is 21.0. The molecule has 3 rings (SSSR count). The van der Waals surface area contributed by atoms with Gasteiger partial charge in [0.1, 0.15) is 5.75 Å². The van der Waals surface area contributed by atoms with Gasteiger partial charge in [0.2, 0.25) is 0 Å². The molecule has 0 atom stereocenters. The Morgan fingerprint density at radius 2 is 1.86 bits per heavy atom. The van der Waals surface area contributed by atoms with Crippen LogP contribution in [0.1, 0.15) is 17.0 Å². The van der Waals surface area contributed by atoms with Crippen molar-refractivity contribution in [3.8, 4) is 23.0 Å². The average molecular weight is 296 g/mol. The van der Waals surface area contributed by atoms with Gasteiger partial charge < -0.3 is 5.11 Å². The minimum Gasteiger partial charge on any atom is -0.507 e. The van der Waals surface area contributed by atoms with Crippen molar-refractivity contribution in [1.82, 2.24) is 19.7 Å². The number of benzene rings is 1. The largest absolute Gasteiger partial charge is 0.507 e. The Balaban J connectivity index is 2.21. The Kier molecular flexibility index (Phi) is 3.29. The van der Waals surface area contributed by atoms with Gasteiger partial charge in [0.05, 0.1) is 5.56 Å². The molecule has 0 saturated heterocycles. The molecule has 0 amide bonds. The van der Waals surface area contributed by atoms with Crippen LogP contribution in [-0.2, 0) is 0 Å². The minimum atomic E-state index is -0.140. The van der Waals surface area contributed by atoms with E-state index in [-0.39, 0.29) is 11.3 Å². The fourth-order valence-electron chi connectivity index (χ4n) is 2.24. The maximum Gasteiger partial charge on any atom is 0.275 e. The maximum absolute atomic E-state index is 12.2. The number of hydrogen-bond donors (Lipinski definition) is 2. The first kappa shape index (κ1) is 14.1. The predicted molar refractivity (Wildman–Crippen MR) is 83.3 cm³/mol. The number of aromatic amines is 1. The quantitative estimate of drug-likeness (QED) is 0.759. The molecule has 2 heterocycles. The van der Waals surface area contributed by atoms with Gasteiger partial charge in [0.15, 0.2) is 11.6 Å². The number of aromatic hydroxyl groups is 1. The molecule has 2 N–H and O–H groups in total. The van der Waals surface area contributed by atoms with E-state index in [2.05, 4.69) is 15.1 Å². The van der Waals surface area contributed by atoms with Gasteiger partial charge in [-0.1, -0.05) is 12.1 Å². The van der Waals surface area contributed by atoms with Crippen molar-refractivity contribution in [1.29, 1.82) is 0 Å². The van der Waals surface area contributed by atoms with Crippen LogP contribution in [0.15, 0.2) is 35.1 Å². The Hall–Kier alpha value is -2.89. The third kappa shape index (κ3) is 2.28. The first-order valence-electron chi connectivity index (χ1n) is 6.90. The Morgan fingerprint density at radius 1 is 1.14 bits per heavy atom. The van der Waals surface area contributed by atoms with Crippen molar-refractivity contribution in [2.75, 3.05) is 0 Å². The van der Waals surface area contributed by atoms with E-state index in [9.17, 15) is 9.90 Å². The van der Waals surface area contributed by atoms with Crippen LogP contribution in [0.2, 0.25) is 0 Å². The molecule has 112 valence electrons. The molecule has 0 aliphatic heterocycles. The standard InChI is InChI=1S/C16H16N4O2/c1-9-8-14(20-16(22)10(2)11(3)19-20)18-15(17-9)12-6-4-5-7-13(12)21/h4-8,19,21H,1-3H3. The number of aryl methyl sites for hydroxylation is 2. The summed E-state index contributed by atoms with van der Waals surface area (Å²) in [6.07, 6.45) is 0. The van der Waals surface area contributed by atoms with E-state index in [1.165, 1.54) is 4.68 Å². The molecule has 0 aliphatic rings. The molecule has 0 unspecified atom stereocenters. The molecule has 6 nitrogen and oxygen atoms in total. The molecule has 0 radical (unpaired) electrons. The monoisotopic (exact) mass is 296 g/mol. The van der Waals surface area contributed by atoms with Gasteiger partial charge in [-0.2, -0.15) is 0 Å². The smallest absolute Gasteiger partial charge is 0.275 e. The van der Waals surface area contributed by atoms with Crippen LogP contribution in [0, 0.1) is 20.8 Å². The highest BCUT2D eigenvalue weighted by Gasteiger charge is 2.13. The van der Waals surface area contributed by atoms with E-state index in [1.807, 2.05) is 13.8 Å². The summed E-state index contributed by atoms with van der Waals surface area (Å²) < 4.78 is 1.39. The van der Waals surface area contributed by atoms with Crippen LogP contribution in [-0.4, -0.2) is 24.9 Å². The zero-order valence-corrected chi connectivity index (χ0v) is 12.6. The van der Waals surface area contributed by atoms with E-state index < -0.39 is 0 Å². The molecule has 0 spiro atoms. The lowest BCUT2D eigenvalue weighted by Gasteiger charge is -2.07. The second-order valence-electron chi connectivity index (χ2n) is 5.21. The zero-order chi connectivity index (χ0) is 15.9. The highest BCUT2D eigenvalue weighted by atomic mass is 16.3. The van der Waals surface area contributed by atoms with Gasteiger partial charge >= 0.3 is 0 Å². The molecule has 1 aromatic carbocycles. The lowest BCUT2D eigenvalue weighted by molar-refractivity contribution is 0.477. The molecule has 0 fully saturated rings. The van der Waals surface area contributed by atoms with Crippen molar-refractivity contribution in [2.45, 2.75) is 20.8 Å². The van der Waals surface area contributed by atoms with E-state index >= 15 is 0 Å². The Labute approximate surface area is 127 Å². The lowest BCUT2D eigenvalue weighted by Crippen LogP contribution is -2.17. The summed E-state index contributed by atoms with van der Waals surface area (Å²) in [5.41, 5.74) is 2.55. The van der Waals surface area contributed by atoms with Crippen molar-refractivity contribution in [3.63, 3.8) is 0 Å². The van der Waals surface area contributed by atoms with Crippen molar-refractivity contribution in [3.05, 3.63) is 57.6 Å². The van der Waals surface area contributed by atoms with Crippen LogP contribution >= 0.6 is 0 Å². The van der Waals surface area contributed by atoms with Crippen molar-refractivity contribution < 1.29 is 5.11 Å². The summed E-state index contributed by atoms with van der Waals surface area (Å²) in [5, 5.41) is 13.0. The fourth-order valence-corrected chi connectivity index (χ4v) is 2.24. The van der Waals surface area contributed by atoms with E-state index in [0.717, 1.165) is 5.69 Å². The lowest BCUT2D eigenvalue weighted by atomic mass is 10.2. The van der Waals surface area contributed by atoms with Crippen molar-refractivity contribution in [2.24, 2.45) is 0 Å². The van der Waals surface area contributed by atoms with Gasteiger partial charge in [-0.3, -0.25) is 9.89 Å². The molecular weight excluding hydrogens is 280 g/mol. The van der Waals surface area contributed by atoms with Crippen LogP contribution in [0.25, 0.3) is 17.2 Å². The second kappa shape index (κ2) is 5.14. The van der Waals surface area contributed by atoms with Crippen LogP contribution in [0.3, 0.4) is 0 Å². The fraction of sp³-hybridized carbons (Fsp3) is 0.188. The molecule has 0 bridgehead atoms. The van der Waals surface area contributed by atoms with E-state index in [4.69, 9.17) is 0 Å².